The van der Waals surface area contributed by atoms with Crippen molar-refractivity contribution in [1.29, 1.82) is 0 Å². The minimum atomic E-state index is -1.15. The fourth-order valence-corrected chi connectivity index (χ4v) is 6.85. The zero-order chi connectivity index (χ0) is 28.0. The molecule has 3 aliphatic heterocycles. The summed E-state index contributed by atoms with van der Waals surface area (Å²) in [6, 6.07) is 15.4. The van der Waals surface area contributed by atoms with Gasteiger partial charge in [-0.25, -0.2) is 4.68 Å². The second-order valence-corrected chi connectivity index (χ2v) is 11.3. The molecular weight excluding hydrogens is 512 g/mol. The van der Waals surface area contributed by atoms with E-state index >= 15 is 0 Å². The number of likely N-dealkylation sites (tertiary alicyclic amines) is 1. The summed E-state index contributed by atoms with van der Waals surface area (Å²) in [6.45, 7) is 3.88. The second kappa shape index (κ2) is 10.3. The molecule has 1 spiro atoms. The van der Waals surface area contributed by atoms with E-state index < -0.39 is 41.5 Å². The fraction of sp³-hybridized carbons (Fsp3) is 0.483. The van der Waals surface area contributed by atoms with E-state index in [-0.39, 0.29) is 31.0 Å². The summed E-state index contributed by atoms with van der Waals surface area (Å²) in [5.74, 6) is -2.62. The van der Waals surface area contributed by atoms with Crippen LogP contribution >= 0.6 is 0 Å². The molecule has 210 valence electrons. The number of hydrogen-bond acceptors (Lipinski definition) is 7. The highest BCUT2D eigenvalue weighted by Gasteiger charge is 2.75. The van der Waals surface area contributed by atoms with Crippen LogP contribution in [-0.4, -0.2) is 73.1 Å². The van der Waals surface area contributed by atoms with E-state index in [4.69, 9.17) is 4.74 Å². The maximum Gasteiger partial charge on any atom is 0.247 e. The van der Waals surface area contributed by atoms with Crippen molar-refractivity contribution in [2.45, 2.75) is 63.7 Å². The number of benzene rings is 2. The Hall–Kier alpha value is -3.83. The normalized spacial score (nSPS) is 27.8. The van der Waals surface area contributed by atoms with Gasteiger partial charge in [-0.1, -0.05) is 61.5 Å². The molecule has 6 atom stereocenters. The number of rotatable bonds is 9. The number of carbonyl (C=O) groups is 3. The molecule has 11 heteroatoms. The van der Waals surface area contributed by atoms with Crippen LogP contribution in [0.15, 0.2) is 54.6 Å². The van der Waals surface area contributed by atoms with E-state index in [0.29, 0.717) is 24.9 Å². The Morgan fingerprint density at radius 3 is 2.60 bits per heavy atom. The monoisotopic (exact) mass is 546 g/mol. The molecule has 4 heterocycles. The number of amides is 3. The lowest BCUT2D eigenvalue weighted by Crippen LogP contribution is -2.59. The van der Waals surface area contributed by atoms with Crippen molar-refractivity contribution in [3.63, 3.8) is 0 Å². The lowest BCUT2D eigenvalue weighted by Gasteiger charge is -2.38. The average Bonchev–Trinajstić information content (AvgIpc) is 3.71. The number of aliphatic hydroxyl groups excluding tert-OH is 1. The topological polar surface area (TPSA) is 139 Å². The first-order valence-electron chi connectivity index (χ1n) is 13.8. The lowest BCUT2D eigenvalue weighted by molar-refractivity contribution is -0.147. The van der Waals surface area contributed by atoms with Crippen LogP contribution in [0.1, 0.15) is 32.3 Å². The Labute approximate surface area is 231 Å². The Morgan fingerprint density at radius 1 is 1.10 bits per heavy atom. The summed E-state index contributed by atoms with van der Waals surface area (Å²) < 4.78 is 8.07. The molecule has 3 aromatic rings. The summed E-state index contributed by atoms with van der Waals surface area (Å²) in [5, 5.41) is 24.5. The molecule has 3 N–H and O–H groups in total. The molecule has 3 aliphatic rings. The van der Waals surface area contributed by atoms with Gasteiger partial charge in [-0.05, 0) is 36.5 Å². The van der Waals surface area contributed by atoms with E-state index in [2.05, 4.69) is 20.9 Å². The molecule has 3 saturated heterocycles. The third kappa shape index (κ3) is 4.15. The van der Waals surface area contributed by atoms with Gasteiger partial charge in [0.15, 0.2) is 0 Å². The largest absolute Gasteiger partial charge is 0.394 e. The number of nitrogens with one attached hydrogen (secondary N) is 2. The highest BCUT2D eigenvalue weighted by molar-refractivity contribution is 5.99. The van der Waals surface area contributed by atoms with Crippen LogP contribution in [0.3, 0.4) is 0 Å². The number of para-hydroxylation sites is 1. The van der Waals surface area contributed by atoms with E-state index in [1.165, 1.54) is 4.90 Å². The van der Waals surface area contributed by atoms with E-state index in [1.54, 1.807) is 4.68 Å². The minimum absolute atomic E-state index is 0.0501. The maximum atomic E-state index is 14.1. The van der Waals surface area contributed by atoms with Gasteiger partial charge >= 0.3 is 0 Å². The molecule has 3 amide bonds. The molecule has 3 fully saturated rings. The molecule has 0 aliphatic carbocycles. The predicted octanol–water partition coefficient (Wildman–Crippen LogP) is 1.21. The first-order chi connectivity index (χ1) is 19.4. The van der Waals surface area contributed by atoms with Crippen LogP contribution in [0.5, 0.6) is 0 Å². The molecule has 2 bridgehead atoms. The highest BCUT2D eigenvalue weighted by atomic mass is 16.5. The molecule has 1 aromatic heterocycles. The summed E-state index contributed by atoms with van der Waals surface area (Å²) in [6.07, 6.45) is 0.602. The molecule has 6 rings (SSSR count). The van der Waals surface area contributed by atoms with Crippen LogP contribution < -0.4 is 10.6 Å². The summed E-state index contributed by atoms with van der Waals surface area (Å²) in [7, 11) is 0. The summed E-state index contributed by atoms with van der Waals surface area (Å²) in [5.41, 5.74) is 1.28. The maximum absolute atomic E-state index is 14.1. The quantitative estimate of drug-likeness (QED) is 0.367. The van der Waals surface area contributed by atoms with Gasteiger partial charge in [0.1, 0.15) is 23.8 Å². The van der Waals surface area contributed by atoms with Crippen molar-refractivity contribution in [1.82, 2.24) is 30.5 Å². The third-order valence-electron chi connectivity index (χ3n) is 8.74. The Bertz CT molecular complexity index is 1430. The molecule has 11 nitrogen and oxygen atoms in total. The van der Waals surface area contributed by atoms with E-state index in [0.717, 1.165) is 11.1 Å². The van der Waals surface area contributed by atoms with Crippen LogP contribution in [-0.2, 0) is 32.3 Å². The van der Waals surface area contributed by atoms with Gasteiger partial charge < -0.3 is 25.4 Å². The number of ether oxygens (including phenoxy) is 1. The van der Waals surface area contributed by atoms with E-state index in [1.807, 2.05) is 68.4 Å². The first kappa shape index (κ1) is 26.4. The number of aliphatic hydroxyl groups is 1. The number of fused-ring (bicyclic) bond motifs is 2. The second-order valence-electron chi connectivity index (χ2n) is 11.3. The van der Waals surface area contributed by atoms with Crippen molar-refractivity contribution in [2.75, 3.05) is 6.61 Å². The van der Waals surface area contributed by atoms with Gasteiger partial charge in [0.2, 0.25) is 17.7 Å². The number of hydrogen-bond donors (Lipinski definition) is 3. The molecule has 40 heavy (non-hydrogen) atoms. The van der Waals surface area contributed by atoms with Gasteiger partial charge in [0.05, 0.1) is 36.1 Å². The molecule has 0 radical (unpaired) electrons. The van der Waals surface area contributed by atoms with Crippen LogP contribution in [0.2, 0.25) is 0 Å². The number of aromatic nitrogens is 3. The van der Waals surface area contributed by atoms with Crippen LogP contribution in [0.4, 0.5) is 0 Å². The SMILES string of the molecule is CC(C)[C@H](CO)N1C(=O)[C@@H]2[C@H](C(=O)NCc3ccccc3)[C@@H]3CCC2(O3)C1C(=O)NCn1nnc2ccccc21. The predicted molar refractivity (Wildman–Crippen MR) is 144 cm³/mol. The zero-order valence-corrected chi connectivity index (χ0v) is 22.6. The van der Waals surface area contributed by atoms with Gasteiger partial charge in [0.25, 0.3) is 0 Å². The Kier molecular flexibility index (Phi) is 6.79. The van der Waals surface area contributed by atoms with Gasteiger partial charge in [-0.15, -0.1) is 5.10 Å². The zero-order valence-electron chi connectivity index (χ0n) is 22.6. The van der Waals surface area contributed by atoms with Crippen molar-refractivity contribution in [3.05, 3.63) is 60.2 Å². The van der Waals surface area contributed by atoms with Gasteiger partial charge in [-0.2, -0.15) is 0 Å². The molecule has 2 unspecified atom stereocenters. The standard InChI is InChI=1S/C29H34N6O5/c1-17(2)21(15-36)35-25(27(38)31-16-34-20-11-7-6-10-19(20)32-33-34)29-13-12-22(40-29)23(24(29)28(35)39)26(37)30-14-18-8-4-3-5-9-18/h3-11,17,21-25,36H,12-16H2,1-2H3,(H,30,37)(H,31,38)/t21-,22-,23+,24-,25?,29?/m0/s1. The van der Waals surface area contributed by atoms with Crippen molar-refractivity contribution >= 4 is 28.8 Å². The Balaban J connectivity index is 1.29. The fourth-order valence-electron chi connectivity index (χ4n) is 6.85. The van der Waals surface area contributed by atoms with Crippen molar-refractivity contribution < 1.29 is 24.2 Å². The molecule has 0 saturated carbocycles. The lowest BCUT2D eigenvalue weighted by atomic mass is 9.70. The van der Waals surface area contributed by atoms with Crippen molar-refractivity contribution in [2.24, 2.45) is 17.8 Å². The van der Waals surface area contributed by atoms with Gasteiger partial charge in [-0.3, -0.25) is 14.4 Å². The van der Waals surface area contributed by atoms with Gasteiger partial charge in [0, 0.05) is 6.54 Å². The Morgan fingerprint density at radius 2 is 1.85 bits per heavy atom. The average molecular weight is 547 g/mol. The van der Waals surface area contributed by atoms with Crippen molar-refractivity contribution in [3.8, 4) is 0 Å². The molecule has 2 aromatic carbocycles. The summed E-state index contributed by atoms with van der Waals surface area (Å²) >= 11 is 0. The number of carbonyl (C=O) groups excluding carboxylic acids is 3. The summed E-state index contributed by atoms with van der Waals surface area (Å²) in [4.78, 5) is 43.1. The minimum Gasteiger partial charge on any atom is -0.394 e. The number of nitrogens with zero attached hydrogens (tertiary/aromatic N) is 4. The third-order valence-corrected chi connectivity index (χ3v) is 8.74. The molecular formula is C29H34N6O5. The van der Waals surface area contributed by atoms with E-state index in [9.17, 15) is 19.5 Å². The van der Waals surface area contributed by atoms with Crippen LogP contribution in [0, 0.1) is 17.8 Å². The first-order valence-corrected chi connectivity index (χ1v) is 13.8. The smallest absolute Gasteiger partial charge is 0.247 e. The van der Waals surface area contributed by atoms with Crippen LogP contribution in [0.25, 0.3) is 11.0 Å². The highest BCUT2D eigenvalue weighted by Crippen LogP contribution is 2.59.